The lowest BCUT2D eigenvalue weighted by atomic mass is 10.1. The molecular weight excluding hydrogens is 336 g/mol. The van der Waals surface area contributed by atoms with E-state index < -0.39 is 0 Å². The SMILES string of the molecule is CC(NC(=O)c1cccc(-n2cccc2)c1)c1ccc(-n2ccnc2)cc1. The van der Waals surface area contributed by atoms with Crippen molar-refractivity contribution >= 4 is 5.91 Å². The average Bonchev–Trinajstić information content (AvgIpc) is 3.42. The fourth-order valence-corrected chi connectivity index (χ4v) is 3.02. The van der Waals surface area contributed by atoms with Gasteiger partial charge in [0.05, 0.1) is 12.4 Å². The smallest absolute Gasteiger partial charge is 0.251 e. The molecule has 0 spiro atoms. The number of nitrogens with zero attached hydrogens (tertiary/aromatic N) is 3. The van der Waals surface area contributed by atoms with E-state index in [0.717, 1.165) is 16.9 Å². The summed E-state index contributed by atoms with van der Waals surface area (Å²) in [7, 11) is 0. The number of hydrogen-bond acceptors (Lipinski definition) is 2. The predicted molar refractivity (Wildman–Crippen MR) is 105 cm³/mol. The van der Waals surface area contributed by atoms with Crippen LogP contribution in [0.3, 0.4) is 0 Å². The molecule has 2 aromatic carbocycles. The minimum atomic E-state index is -0.0930. The first-order chi connectivity index (χ1) is 13.2. The quantitative estimate of drug-likeness (QED) is 0.584. The molecule has 1 unspecified atom stereocenters. The second kappa shape index (κ2) is 7.33. The number of rotatable bonds is 5. The molecule has 5 heteroatoms. The van der Waals surface area contributed by atoms with Crippen molar-refractivity contribution in [2.45, 2.75) is 13.0 Å². The summed E-state index contributed by atoms with van der Waals surface area (Å²) in [4.78, 5) is 16.7. The van der Waals surface area contributed by atoms with E-state index in [1.165, 1.54) is 0 Å². The number of amides is 1. The lowest BCUT2D eigenvalue weighted by molar-refractivity contribution is 0.0940. The van der Waals surface area contributed by atoms with Crippen LogP contribution in [0.15, 0.2) is 91.8 Å². The molecule has 1 N–H and O–H groups in total. The van der Waals surface area contributed by atoms with Gasteiger partial charge in [-0.05, 0) is 55.0 Å². The molecule has 4 rings (SSSR count). The number of hydrogen-bond donors (Lipinski definition) is 1. The third-order valence-electron chi connectivity index (χ3n) is 4.55. The summed E-state index contributed by atoms with van der Waals surface area (Å²) in [5, 5.41) is 3.07. The van der Waals surface area contributed by atoms with E-state index in [9.17, 15) is 4.79 Å². The van der Waals surface area contributed by atoms with E-state index >= 15 is 0 Å². The van der Waals surface area contributed by atoms with Crippen molar-refractivity contribution < 1.29 is 4.79 Å². The minimum absolute atomic E-state index is 0.0878. The highest BCUT2D eigenvalue weighted by Gasteiger charge is 2.12. The van der Waals surface area contributed by atoms with Gasteiger partial charge in [0.15, 0.2) is 0 Å². The predicted octanol–water partition coefficient (Wildman–Crippen LogP) is 4.15. The molecule has 1 amide bonds. The molecule has 0 radical (unpaired) electrons. The van der Waals surface area contributed by atoms with Gasteiger partial charge >= 0.3 is 0 Å². The van der Waals surface area contributed by atoms with Gasteiger partial charge in [0.1, 0.15) is 0 Å². The number of benzene rings is 2. The zero-order valence-corrected chi connectivity index (χ0v) is 15.0. The lowest BCUT2D eigenvalue weighted by Crippen LogP contribution is -2.26. The van der Waals surface area contributed by atoms with Crippen molar-refractivity contribution in [2.75, 3.05) is 0 Å². The normalized spacial score (nSPS) is 11.9. The molecule has 0 fully saturated rings. The summed E-state index contributed by atoms with van der Waals surface area (Å²) in [6.45, 7) is 1.99. The van der Waals surface area contributed by atoms with Gasteiger partial charge in [-0.2, -0.15) is 0 Å². The zero-order valence-electron chi connectivity index (χ0n) is 15.0. The monoisotopic (exact) mass is 356 g/mol. The molecular formula is C22H20N4O. The van der Waals surface area contributed by atoms with Crippen molar-refractivity contribution in [1.29, 1.82) is 0 Å². The van der Waals surface area contributed by atoms with E-state index in [0.29, 0.717) is 5.56 Å². The Labute approximate surface area is 157 Å². The highest BCUT2D eigenvalue weighted by molar-refractivity contribution is 5.95. The molecule has 27 heavy (non-hydrogen) atoms. The van der Waals surface area contributed by atoms with Gasteiger partial charge in [0.25, 0.3) is 5.91 Å². The van der Waals surface area contributed by atoms with Crippen LogP contribution in [0.4, 0.5) is 0 Å². The van der Waals surface area contributed by atoms with E-state index in [-0.39, 0.29) is 11.9 Å². The molecule has 4 aromatic rings. The van der Waals surface area contributed by atoms with Gasteiger partial charge in [-0.25, -0.2) is 4.98 Å². The van der Waals surface area contributed by atoms with Gasteiger partial charge in [-0.3, -0.25) is 4.79 Å². The number of aromatic nitrogens is 3. The van der Waals surface area contributed by atoms with E-state index in [2.05, 4.69) is 10.3 Å². The summed E-state index contributed by atoms with van der Waals surface area (Å²) in [6.07, 6.45) is 9.33. The second-order valence-corrected chi connectivity index (χ2v) is 6.40. The lowest BCUT2D eigenvalue weighted by Gasteiger charge is -2.15. The standard InChI is InChI=1S/C22H20N4O/c1-17(18-7-9-20(10-8-18)26-14-11-23-16-26)24-22(27)19-5-4-6-21(15-19)25-12-2-3-13-25/h2-17H,1H3,(H,24,27). The van der Waals surface area contributed by atoms with Crippen LogP contribution in [-0.4, -0.2) is 20.0 Å². The number of nitrogens with one attached hydrogen (secondary N) is 1. The van der Waals surface area contributed by atoms with Crippen LogP contribution >= 0.6 is 0 Å². The first kappa shape index (κ1) is 16.8. The summed E-state index contributed by atoms with van der Waals surface area (Å²) in [5.74, 6) is -0.0878. The molecule has 5 nitrogen and oxygen atoms in total. The van der Waals surface area contributed by atoms with Crippen LogP contribution in [0.5, 0.6) is 0 Å². The van der Waals surface area contributed by atoms with Crippen LogP contribution in [0.2, 0.25) is 0 Å². The molecule has 2 heterocycles. The van der Waals surface area contributed by atoms with Crippen LogP contribution in [-0.2, 0) is 0 Å². The van der Waals surface area contributed by atoms with Crippen molar-refractivity contribution in [3.63, 3.8) is 0 Å². The van der Waals surface area contributed by atoms with Crippen molar-refractivity contribution in [3.8, 4) is 11.4 Å². The number of carbonyl (C=O) groups excluding carboxylic acids is 1. The van der Waals surface area contributed by atoms with Crippen LogP contribution in [0.1, 0.15) is 28.9 Å². The third-order valence-corrected chi connectivity index (χ3v) is 4.55. The van der Waals surface area contributed by atoms with Gasteiger partial charge in [-0.1, -0.05) is 18.2 Å². The molecule has 0 saturated carbocycles. The summed E-state index contributed by atoms with van der Waals surface area (Å²) >= 11 is 0. The Morgan fingerprint density at radius 1 is 0.926 bits per heavy atom. The first-order valence-electron chi connectivity index (χ1n) is 8.83. The van der Waals surface area contributed by atoms with Crippen molar-refractivity contribution in [1.82, 2.24) is 19.4 Å². The van der Waals surface area contributed by atoms with E-state index in [1.807, 2.05) is 95.3 Å². The average molecular weight is 356 g/mol. The van der Waals surface area contributed by atoms with Gasteiger partial charge < -0.3 is 14.5 Å². The highest BCUT2D eigenvalue weighted by atomic mass is 16.1. The van der Waals surface area contributed by atoms with Crippen LogP contribution in [0.25, 0.3) is 11.4 Å². The van der Waals surface area contributed by atoms with Crippen LogP contribution < -0.4 is 5.32 Å². The largest absolute Gasteiger partial charge is 0.346 e. The minimum Gasteiger partial charge on any atom is -0.346 e. The first-order valence-corrected chi connectivity index (χ1v) is 8.83. The molecule has 1 atom stereocenters. The maximum absolute atomic E-state index is 12.7. The zero-order chi connectivity index (χ0) is 18.6. The number of imidazole rings is 1. The molecule has 0 saturated heterocycles. The van der Waals surface area contributed by atoms with Crippen LogP contribution in [0, 0.1) is 0 Å². The topological polar surface area (TPSA) is 51.9 Å². The summed E-state index contributed by atoms with van der Waals surface area (Å²) in [5.41, 5.74) is 3.69. The molecule has 0 bridgehead atoms. The van der Waals surface area contributed by atoms with Gasteiger partial charge in [0, 0.05) is 41.7 Å². The summed E-state index contributed by atoms with van der Waals surface area (Å²) in [6, 6.07) is 19.5. The van der Waals surface area contributed by atoms with Crippen molar-refractivity contribution in [2.24, 2.45) is 0 Å². The fourth-order valence-electron chi connectivity index (χ4n) is 3.02. The van der Waals surface area contributed by atoms with E-state index in [4.69, 9.17) is 0 Å². The molecule has 134 valence electrons. The highest BCUT2D eigenvalue weighted by Crippen LogP contribution is 2.17. The maximum atomic E-state index is 12.7. The molecule has 0 aliphatic carbocycles. The second-order valence-electron chi connectivity index (χ2n) is 6.40. The van der Waals surface area contributed by atoms with E-state index in [1.54, 1.807) is 12.5 Å². The Hall–Kier alpha value is -3.60. The Balaban J connectivity index is 1.47. The Kier molecular flexibility index (Phi) is 4.58. The van der Waals surface area contributed by atoms with Crippen molar-refractivity contribution in [3.05, 3.63) is 103 Å². The van der Waals surface area contributed by atoms with Gasteiger partial charge in [0.2, 0.25) is 0 Å². The summed E-state index contributed by atoms with van der Waals surface area (Å²) < 4.78 is 3.93. The molecule has 0 aliphatic heterocycles. The Morgan fingerprint density at radius 2 is 1.70 bits per heavy atom. The maximum Gasteiger partial charge on any atom is 0.251 e. The fraction of sp³-hybridized carbons (Fsp3) is 0.0909. The Bertz CT molecular complexity index is 1020. The third kappa shape index (κ3) is 3.67. The Morgan fingerprint density at radius 3 is 2.41 bits per heavy atom. The van der Waals surface area contributed by atoms with Gasteiger partial charge in [-0.15, -0.1) is 0 Å². The number of carbonyl (C=O) groups is 1. The molecule has 0 aliphatic rings. The molecule has 2 aromatic heterocycles.